The Labute approximate surface area is 318 Å². The molecule has 15 rings (SSSR count). The molecule has 4 aromatic heterocycles. The lowest BCUT2D eigenvalue weighted by Crippen LogP contribution is -2.36. The molecule has 0 aliphatic carbocycles. The van der Waals surface area contributed by atoms with E-state index in [9.17, 15) is 0 Å². The SMILES string of the molecule is CC(C)(C)c1ccc(-c2cc3cc(c2)C[n+]2ccc(cc2)-c2cc[n+](cc2)CCOc2cccc(c2)OCC[n+]2ccc(cc2)-c2cc[n+](cc2)C3)cc1. The first-order valence-corrected chi connectivity index (χ1v) is 18.9. The van der Waals surface area contributed by atoms with Crippen LogP contribution in [-0.4, -0.2) is 13.2 Å². The van der Waals surface area contributed by atoms with E-state index in [4.69, 9.17) is 9.47 Å². The Balaban J connectivity index is 1.10. The predicted octanol–water partition coefficient (Wildman–Crippen LogP) is 7.70. The normalized spacial score (nSPS) is 13.3. The number of benzene rings is 3. The number of hydrogen-bond donors (Lipinski definition) is 0. The van der Waals surface area contributed by atoms with Crippen molar-refractivity contribution in [1.82, 2.24) is 0 Å². The van der Waals surface area contributed by atoms with Crippen molar-refractivity contribution in [2.75, 3.05) is 13.2 Å². The van der Waals surface area contributed by atoms with Gasteiger partial charge in [0.25, 0.3) is 0 Å². The molecule has 0 amide bonds. The summed E-state index contributed by atoms with van der Waals surface area (Å²) in [6.07, 6.45) is 17.2. The van der Waals surface area contributed by atoms with E-state index < -0.39 is 0 Å². The van der Waals surface area contributed by atoms with Gasteiger partial charge in [-0.25, -0.2) is 18.3 Å². The topological polar surface area (TPSA) is 34.0 Å². The van der Waals surface area contributed by atoms with Gasteiger partial charge in [-0.2, -0.15) is 0 Å². The van der Waals surface area contributed by atoms with Crippen LogP contribution in [0.4, 0.5) is 0 Å². The molecule has 0 fully saturated rings. The van der Waals surface area contributed by atoms with Crippen molar-refractivity contribution >= 4 is 0 Å². The number of aromatic nitrogens is 4. The van der Waals surface area contributed by atoms with Crippen LogP contribution in [0, 0.1) is 0 Å². The quantitative estimate of drug-likeness (QED) is 0.164. The van der Waals surface area contributed by atoms with Gasteiger partial charge in [-0.05, 0) is 74.7 Å². The number of ether oxygens (including phenoxy) is 2. The van der Waals surface area contributed by atoms with Gasteiger partial charge < -0.3 is 9.47 Å². The van der Waals surface area contributed by atoms with Gasteiger partial charge in [0.2, 0.25) is 0 Å². The van der Waals surface area contributed by atoms with E-state index >= 15 is 0 Å². The van der Waals surface area contributed by atoms with Crippen molar-refractivity contribution in [2.45, 2.75) is 52.4 Å². The van der Waals surface area contributed by atoms with Crippen LogP contribution < -0.4 is 27.7 Å². The Morgan fingerprint density at radius 2 is 0.796 bits per heavy atom. The maximum atomic E-state index is 6.10. The fourth-order valence-electron chi connectivity index (χ4n) is 7.00. The maximum absolute atomic E-state index is 6.10. The second-order valence-electron chi connectivity index (χ2n) is 15.2. The Morgan fingerprint density at radius 3 is 1.20 bits per heavy atom. The lowest BCUT2D eigenvalue weighted by Gasteiger charge is -2.19. The highest BCUT2D eigenvalue weighted by atomic mass is 16.5. The highest BCUT2D eigenvalue weighted by Gasteiger charge is 2.16. The minimum absolute atomic E-state index is 0.113. The minimum Gasteiger partial charge on any atom is -0.487 e. The first-order valence-electron chi connectivity index (χ1n) is 18.9. The highest BCUT2D eigenvalue weighted by Crippen LogP contribution is 2.28. The van der Waals surface area contributed by atoms with Crippen molar-refractivity contribution in [3.8, 4) is 44.9 Å². The molecule has 7 aromatic rings. The van der Waals surface area contributed by atoms with Crippen LogP contribution in [0.25, 0.3) is 33.4 Å². The van der Waals surface area contributed by atoms with Crippen molar-refractivity contribution in [3.05, 3.63) is 182 Å². The summed E-state index contributed by atoms with van der Waals surface area (Å²) in [6, 6.07) is 41.5. The summed E-state index contributed by atoms with van der Waals surface area (Å²) < 4.78 is 21.0. The molecule has 268 valence electrons. The maximum Gasteiger partial charge on any atom is 0.182 e. The zero-order valence-corrected chi connectivity index (χ0v) is 31.4. The molecule has 12 heterocycles. The highest BCUT2D eigenvalue weighted by molar-refractivity contribution is 5.66. The molecule has 8 aliphatic rings. The van der Waals surface area contributed by atoms with Crippen molar-refractivity contribution in [2.24, 2.45) is 0 Å². The van der Waals surface area contributed by atoms with Crippen molar-refractivity contribution < 1.29 is 27.7 Å². The molecule has 6 heteroatoms. The minimum atomic E-state index is 0.113. The Hall–Kier alpha value is -6.14. The molecule has 54 heavy (non-hydrogen) atoms. The van der Waals surface area contributed by atoms with Crippen LogP contribution in [0.1, 0.15) is 37.5 Å². The summed E-state index contributed by atoms with van der Waals surface area (Å²) >= 11 is 0. The molecule has 0 saturated heterocycles. The second-order valence-corrected chi connectivity index (χ2v) is 15.2. The van der Waals surface area contributed by atoms with Crippen LogP contribution in [0.2, 0.25) is 0 Å². The standard InChI is InChI=1S/C48H48N4O2/c1-48(2,3)45-9-7-39(8-10-45)44-32-37-31-38(33-44)36-52-25-17-43(18-26-52)41-13-21-50(22-14-41)28-30-54-47-6-4-5-46(34-47)53-29-27-49-19-11-40(12-20-49)42-15-23-51(35-37)24-16-42/h4-26,31-34H,27-30,35-36H2,1-3H3/q+4. The van der Waals surface area contributed by atoms with Crippen LogP contribution in [0.3, 0.4) is 0 Å². The van der Waals surface area contributed by atoms with E-state index in [1.807, 2.05) is 24.3 Å². The monoisotopic (exact) mass is 712 g/mol. The van der Waals surface area contributed by atoms with E-state index in [0.717, 1.165) is 37.7 Å². The summed E-state index contributed by atoms with van der Waals surface area (Å²) in [7, 11) is 0. The molecule has 0 spiro atoms. The number of hydrogen-bond acceptors (Lipinski definition) is 2. The first kappa shape index (κ1) is 34.9. The van der Waals surface area contributed by atoms with Crippen LogP contribution in [0.15, 0.2) is 165 Å². The first-order chi connectivity index (χ1) is 26.3. The smallest absolute Gasteiger partial charge is 0.182 e. The summed E-state index contributed by atoms with van der Waals surface area (Å²) in [5, 5.41) is 0. The summed E-state index contributed by atoms with van der Waals surface area (Å²) in [6.45, 7) is 11.0. The Morgan fingerprint density at radius 1 is 0.407 bits per heavy atom. The fraction of sp³-hybridized carbons (Fsp3) is 0.208. The molecule has 0 radical (unpaired) electrons. The van der Waals surface area contributed by atoms with Crippen LogP contribution >= 0.6 is 0 Å². The average molecular weight is 713 g/mol. The number of nitrogens with zero attached hydrogens (tertiary/aromatic N) is 4. The van der Waals surface area contributed by atoms with Gasteiger partial charge in [0.05, 0.1) is 0 Å². The van der Waals surface area contributed by atoms with Crippen molar-refractivity contribution in [1.29, 1.82) is 0 Å². The molecule has 0 unspecified atom stereocenters. The Bertz CT molecular complexity index is 2200. The zero-order chi connectivity index (χ0) is 36.9. The van der Waals surface area contributed by atoms with Gasteiger partial charge in [-0.1, -0.05) is 51.1 Å². The molecule has 3 aromatic carbocycles. The molecule has 8 aliphatic heterocycles. The average Bonchev–Trinajstić information content (AvgIpc) is 3.19. The van der Waals surface area contributed by atoms with E-state index in [1.54, 1.807) is 0 Å². The molecular weight excluding hydrogens is 665 g/mol. The third kappa shape index (κ3) is 8.56. The van der Waals surface area contributed by atoms with E-state index in [1.165, 1.54) is 50.1 Å². The molecule has 0 saturated carbocycles. The predicted molar refractivity (Wildman–Crippen MR) is 211 cm³/mol. The molecule has 0 N–H and O–H groups in total. The third-order valence-electron chi connectivity index (χ3n) is 10.1. The van der Waals surface area contributed by atoms with Gasteiger partial charge in [0.1, 0.15) is 24.7 Å². The summed E-state index contributed by atoms with van der Waals surface area (Å²) in [5.74, 6) is 1.61. The molecule has 12 bridgehead atoms. The molecular formula is C48H48N4O2+4. The fourth-order valence-corrected chi connectivity index (χ4v) is 7.00. The lowest BCUT2D eigenvalue weighted by atomic mass is 9.86. The van der Waals surface area contributed by atoms with E-state index in [2.05, 4.69) is 180 Å². The second kappa shape index (κ2) is 15.5. The summed E-state index contributed by atoms with van der Waals surface area (Å²) in [4.78, 5) is 0. The van der Waals surface area contributed by atoms with Crippen LogP contribution in [-0.2, 0) is 31.6 Å². The third-order valence-corrected chi connectivity index (χ3v) is 10.1. The van der Waals surface area contributed by atoms with E-state index in [-0.39, 0.29) is 5.41 Å². The zero-order valence-electron chi connectivity index (χ0n) is 31.4. The number of rotatable bonds is 1. The lowest BCUT2D eigenvalue weighted by molar-refractivity contribution is -0.697. The van der Waals surface area contributed by atoms with Crippen LogP contribution in [0.5, 0.6) is 11.5 Å². The van der Waals surface area contributed by atoms with Gasteiger partial charge in [0, 0.05) is 65.7 Å². The van der Waals surface area contributed by atoms with Gasteiger partial charge in [-0.3, -0.25) is 0 Å². The molecule has 6 nitrogen and oxygen atoms in total. The van der Waals surface area contributed by atoms with Gasteiger partial charge >= 0.3 is 0 Å². The largest absolute Gasteiger partial charge is 0.487 e. The molecule has 0 atom stereocenters. The Kier molecular flexibility index (Phi) is 9.99. The number of pyridine rings is 4. The van der Waals surface area contributed by atoms with E-state index in [0.29, 0.717) is 13.2 Å². The van der Waals surface area contributed by atoms with Gasteiger partial charge in [0.15, 0.2) is 75.8 Å². The summed E-state index contributed by atoms with van der Waals surface area (Å²) in [5.41, 5.74) is 11.2. The van der Waals surface area contributed by atoms with Gasteiger partial charge in [-0.15, -0.1) is 0 Å². The van der Waals surface area contributed by atoms with Crippen molar-refractivity contribution in [3.63, 3.8) is 0 Å².